The van der Waals surface area contributed by atoms with E-state index >= 15 is 0 Å². The first-order valence-electron chi connectivity index (χ1n) is 20.7. The van der Waals surface area contributed by atoms with Gasteiger partial charge in [-0.2, -0.15) is 0 Å². The number of carbonyl (C=O) groups excluding carboxylic acids is 1. The fraction of sp³-hybridized carbons (Fsp3) is 0.435. The first-order chi connectivity index (χ1) is 28.1. The van der Waals surface area contributed by atoms with Crippen LogP contribution < -0.4 is 10.9 Å². The third-order valence-electron chi connectivity index (χ3n) is 12.5. The SMILES string of the molecule is CN(CCCn1ccc2cc(CNC[C@@H](O[Si](C)(C)C(C)(C)C)c3ccc(O)c4[nH]c(=O)ccc34)ccc21)C1CCC(OC(=O)C(O)(c2cccs2)c2cccs2)CC1. The zero-order valence-electron chi connectivity index (χ0n) is 35.0. The minimum Gasteiger partial charge on any atom is -0.506 e. The number of phenols is 1. The number of benzene rings is 2. The molecule has 0 radical (unpaired) electrons. The lowest BCUT2D eigenvalue weighted by Gasteiger charge is -2.39. The Morgan fingerprint density at radius 3 is 2.37 bits per heavy atom. The Morgan fingerprint density at radius 2 is 1.71 bits per heavy atom. The highest BCUT2D eigenvalue weighted by atomic mass is 32.1. The number of nitrogens with zero attached hydrogens (tertiary/aromatic N) is 2. The lowest BCUT2D eigenvalue weighted by molar-refractivity contribution is -0.169. The van der Waals surface area contributed by atoms with E-state index < -0.39 is 19.9 Å². The highest BCUT2D eigenvalue weighted by Crippen LogP contribution is 2.42. The second-order valence-corrected chi connectivity index (χ2v) is 24.2. The molecule has 1 aliphatic carbocycles. The van der Waals surface area contributed by atoms with Gasteiger partial charge in [0.2, 0.25) is 11.2 Å². The molecular weight excluding hydrogens is 797 g/mol. The number of hydrogen-bond donors (Lipinski definition) is 4. The molecule has 0 unspecified atom stereocenters. The van der Waals surface area contributed by atoms with Gasteiger partial charge < -0.3 is 39.1 Å². The van der Waals surface area contributed by atoms with Crippen molar-refractivity contribution in [2.75, 3.05) is 20.1 Å². The number of aromatic nitrogens is 2. The maximum Gasteiger partial charge on any atom is 0.349 e. The van der Waals surface area contributed by atoms with Crippen molar-refractivity contribution in [3.8, 4) is 5.75 Å². The first kappa shape index (κ1) is 43.0. The molecule has 1 saturated carbocycles. The van der Waals surface area contributed by atoms with Gasteiger partial charge in [-0.1, -0.05) is 45.0 Å². The van der Waals surface area contributed by atoms with Crippen LogP contribution in [0.25, 0.3) is 21.8 Å². The topological polar surface area (TPSA) is 129 Å². The van der Waals surface area contributed by atoms with E-state index in [1.165, 1.54) is 45.2 Å². The smallest absolute Gasteiger partial charge is 0.349 e. The number of fused-ring (bicyclic) bond motifs is 2. The molecule has 0 saturated heterocycles. The number of thiophene rings is 2. The Balaban J connectivity index is 0.910. The van der Waals surface area contributed by atoms with E-state index in [-0.39, 0.29) is 28.6 Å². The molecule has 2 aromatic carbocycles. The number of hydrogen-bond acceptors (Lipinski definition) is 10. The van der Waals surface area contributed by atoms with Gasteiger partial charge in [-0.25, -0.2) is 4.79 Å². The van der Waals surface area contributed by atoms with Gasteiger partial charge in [0.1, 0.15) is 11.9 Å². The molecule has 6 aromatic rings. The molecule has 0 amide bonds. The van der Waals surface area contributed by atoms with Crippen molar-refractivity contribution >= 4 is 58.8 Å². The van der Waals surface area contributed by atoms with E-state index in [1.54, 1.807) is 24.3 Å². The Hall–Kier alpha value is -4.08. The Bertz CT molecular complexity index is 2360. The van der Waals surface area contributed by atoms with Crippen LogP contribution in [0, 0.1) is 0 Å². The maximum absolute atomic E-state index is 13.5. The highest BCUT2D eigenvalue weighted by Gasteiger charge is 2.45. The molecule has 0 aliphatic heterocycles. The summed E-state index contributed by atoms with van der Waals surface area (Å²) in [5.74, 6) is -0.537. The number of ether oxygens (including phenoxy) is 1. The largest absolute Gasteiger partial charge is 0.506 e. The number of aliphatic hydroxyl groups is 1. The van der Waals surface area contributed by atoms with E-state index in [0.717, 1.165) is 56.1 Å². The van der Waals surface area contributed by atoms with E-state index in [1.807, 2.05) is 29.0 Å². The normalized spacial score (nSPS) is 17.2. The summed E-state index contributed by atoms with van der Waals surface area (Å²) in [6.07, 6.45) is 6.18. The predicted octanol–water partition coefficient (Wildman–Crippen LogP) is 9.28. The van der Waals surface area contributed by atoms with Crippen molar-refractivity contribution in [2.45, 2.75) is 108 Å². The Morgan fingerprint density at radius 1 is 1.00 bits per heavy atom. The predicted molar refractivity (Wildman–Crippen MR) is 242 cm³/mol. The zero-order valence-corrected chi connectivity index (χ0v) is 37.6. The molecule has 7 rings (SSSR count). The quantitative estimate of drug-likeness (QED) is 0.0561. The molecule has 13 heteroatoms. The number of nitrogens with one attached hydrogen (secondary N) is 2. The number of aromatic hydroxyl groups is 1. The fourth-order valence-electron chi connectivity index (χ4n) is 7.99. The van der Waals surface area contributed by atoms with Crippen LogP contribution in [-0.2, 0) is 32.6 Å². The number of pyridine rings is 1. The molecule has 1 atom stereocenters. The monoisotopic (exact) mass is 854 g/mol. The summed E-state index contributed by atoms with van der Waals surface area (Å²) in [6, 6.07) is 23.4. The van der Waals surface area contributed by atoms with Gasteiger partial charge >= 0.3 is 5.97 Å². The molecular formula is C46H58N4O6S2Si. The van der Waals surface area contributed by atoms with Crippen molar-refractivity contribution in [3.63, 3.8) is 0 Å². The number of H-pyrrole nitrogens is 1. The molecule has 4 aromatic heterocycles. The van der Waals surface area contributed by atoms with E-state index in [0.29, 0.717) is 34.4 Å². The molecule has 4 N–H and O–H groups in total. The fourth-order valence-corrected chi connectivity index (χ4v) is 11.0. The summed E-state index contributed by atoms with van der Waals surface area (Å²) in [6.45, 7) is 14.3. The summed E-state index contributed by atoms with van der Waals surface area (Å²) in [4.78, 5) is 32.0. The van der Waals surface area contributed by atoms with Gasteiger partial charge in [-0.05, 0) is 134 Å². The van der Waals surface area contributed by atoms with Crippen LogP contribution in [0.15, 0.2) is 94.5 Å². The highest BCUT2D eigenvalue weighted by molar-refractivity contribution is 7.12. The Kier molecular flexibility index (Phi) is 13.0. The third-order valence-corrected chi connectivity index (χ3v) is 18.9. The molecule has 0 bridgehead atoms. The second kappa shape index (κ2) is 17.9. The number of rotatable bonds is 16. The standard InChI is InChI=1S/C46H58N4O6S2Si/c1-45(2,3)59(5,6)56-39(35-17-20-38(51)43-36(35)18-21-42(52)48-43)30-47-29-31-12-19-37-32(28-31)22-25-50(37)24-9-23-49(4)33-13-15-34(16-14-33)55-44(53)46(54,40-10-7-26-57-40)41-11-8-27-58-41/h7-8,10-12,17-22,25-28,33-34,39,47,51,54H,9,13-16,23-24,29-30H2,1-6H3,(H,48,52)/t33?,34?,39-/m1/s1. The molecule has 59 heavy (non-hydrogen) atoms. The average molecular weight is 855 g/mol. The van der Waals surface area contributed by atoms with Crippen LogP contribution in [0.2, 0.25) is 18.1 Å². The van der Waals surface area contributed by atoms with Gasteiger partial charge in [0.05, 0.1) is 21.4 Å². The summed E-state index contributed by atoms with van der Waals surface area (Å²) < 4.78 is 15.3. The lowest BCUT2D eigenvalue weighted by atomic mass is 9.91. The number of carbonyl (C=O) groups is 1. The minimum absolute atomic E-state index is 0.00265. The van der Waals surface area contributed by atoms with Crippen molar-refractivity contribution in [1.82, 2.24) is 19.8 Å². The van der Waals surface area contributed by atoms with Gasteiger partial charge in [0.25, 0.3) is 0 Å². The van der Waals surface area contributed by atoms with Crippen LogP contribution in [0.1, 0.15) is 79.9 Å². The molecule has 314 valence electrons. The Labute approximate surface area is 355 Å². The average Bonchev–Trinajstić information content (AvgIpc) is 4.02. The molecule has 10 nitrogen and oxygen atoms in total. The number of phenolic OH excluding ortho intramolecular Hbond substituents is 1. The summed E-state index contributed by atoms with van der Waals surface area (Å²) in [7, 11) is 0.00995. The van der Waals surface area contributed by atoms with Gasteiger partial charge in [-0.3, -0.25) is 4.79 Å². The van der Waals surface area contributed by atoms with E-state index in [9.17, 15) is 19.8 Å². The van der Waals surface area contributed by atoms with E-state index in [4.69, 9.17) is 9.16 Å². The first-order valence-corrected chi connectivity index (χ1v) is 25.3. The minimum atomic E-state index is -2.19. The van der Waals surface area contributed by atoms with Gasteiger partial charge in [0.15, 0.2) is 8.32 Å². The number of aromatic amines is 1. The van der Waals surface area contributed by atoms with E-state index in [2.05, 4.69) is 91.1 Å². The van der Waals surface area contributed by atoms with Crippen LogP contribution in [0.5, 0.6) is 5.75 Å². The molecule has 1 fully saturated rings. The number of aryl methyl sites for hydroxylation is 1. The summed E-state index contributed by atoms with van der Waals surface area (Å²) in [5, 5.41) is 31.6. The van der Waals surface area contributed by atoms with Crippen molar-refractivity contribution < 1.29 is 24.2 Å². The van der Waals surface area contributed by atoms with Crippen LogP contribution in [0.3, 0.4) is 0 Å². The maximum atomic E-state index is 13.5. The van der Waals surface area contributed by atoms with Crippen LogP contribution in [-0.4, -0.2) is 71.2 Å². The van der Waals surface area contributed by atoms with Gasteiger partial charge in [0, 0.05) is 48.8 Å². The van der Waals surface area contributed by atoms with Gasteiger partial charge in [-0.15, -0.1) is 22.7 Å². The second-order valence-electron chi connectivity index (χ2n) is 17.5. The lowest BCUT2D eigenvalue weighted by Crippen LogP contribution is -2.43. The summed E-state index contributed by atoms with van der Waals surface area (Å²) in [5.41, 5.74) is 1.74. The van der Waals surface area contributed by atoms with Crippen molar-refractivity contribution in [3.05, 3.63) is 121 Å². The number of esters is 1. The molecule has 4 heterocycles. The summed E-state index contributed by atoms with van der Waals surface area (Å²) >= 11 is 2.73. The molecule has 0 spiro atoms. The van der Waals surface area contributed by atoms with Crippen LogP contribution in [0.4, 0.5) is 0 Å². The van der Waals surface area contributed by atoms with Crippen LogP contribution >= 0.6 is 22.7 Å². The van der Waals surface area contributed by atoms with Crippen molar-refractivity contribution in [2.24, 2.45) is 0 Å². The van der Waals surface area contributed by atoms with Crippen molar-refractivity contribution in [1.29, 1.82) is 0 Å². The molecule has 1 aliphatic rings. The third kappa shape index (κ3) is 9.46. The zero-order chi connectivity index (χ0) is 42.0.